The highest BCUT2D eigenvalue weighted by Gasteiger charge is 2.23. The Bertz CT molecular complexity index is 958. The van der Waals surface area contributed by atoms with Crippen LogP contribution in [0.4, 0.5) is 8.78 Å². The lowest BCUT2D eigenvalue weighted by Crippen LogP contribution is -2.32. The first kappa shape index (κ1) is 20.3. The van der Waals surface area contributed by atoms with Crippen molar-refractivity contribution < 1.29 is 23.0 Å². The van der Waals surface area contributed by atoms with Gasteiger partial charge in [0.05, 0.1) is 13.5 Å². The zero-order valence-corrected chi connectivity index (χ0v) is 16.0. The molecule has 1 atom stereocenters. The average molecular weight is 401 g/mol. The van der Waals surface area contributed by atoms with Crippen LogP contribution >= 0.6 is 0 Å². The number of nitrogens with zero attached hydrogens (tertiary/aromatic N) is 2. The van der Waals surface area contributed by atoms with Crippen molar-refractivity contribution in [1.29, 1.82) is 0 Å². The van der Waals surface area contributed by atoms with Gasteiger partial charge in [-0.3, -0.25) is 4.79 Å². The highest BCUT2D eigenvalue weighted by atomic mass is 19.3. The van der Waals surface area contributed by atoms with Crippen LogP contribution in [0, 0.1) is 0 Å². The Morgan fingerprint density at radius 3 is 2.52 bits per heavy atom. The van der Waals surface area contributed by atoms with Crippen LogP contribution in [0.1, 0.15) is 23.0 Å². The fourth-order valence-corrected chi connectivity index (χ4v) is 3.03. The largest absolute Gasteiger partial charge is 0.496 e. The molecule has 0 aliphatic rings. The van der Waals surface area contributed by atoms with Gasteiger partial charge in [-0.2, -0.15) is 8.78 Å². The first-order valence-electron chi connectivity index (χ1n) is 8.91. The highest BCUT2D eigenvalue weighted by molar-refractivity contribution is 5.79. The van der Waals surface area contributed by atoms with Crippen molar-refractivity contribution in [3.63, 3.8) is 0 Å². The Hall–Kier alpha value is -3.42. The van der Waals surface area contributed by atoms with Crippen molar-refractivity contribution >= 4 is 5.91 Å². The maximum atomic E-state index is 12.7. The number of imidazole rings is 1. The third-order valence-electron chi connectivity index (χ3n) is 4.39. The molecule has 0 spiro atoms. The van der Waals surface area contributed by atoms with Crippen molar-refractivity contribution in [2.24, 2.45) is 7.05 Å². The summed E-state index contributed by atoms with van der Waals surface area (Å²) in [6, 6.07) is 12.9. The van der Waals surface area contributed by atoms with Crippen LogP contribution in [0.3, 0.4) is 0 Å². The number of ether oxygens (including phenoxy) is 2. The molecule has 0 saturated heterocycles. The van der Waals surface area contributed by atoms with Crippen LogP contribution in [0.15, 0.2) is 60.9 Å². The number of benzene rings is 2. The standard InChI is InChI=1S/C21H21F2N3O3/c1-26-12-11-24-20(26)19(16-5-3-4-6-17(16)28-2)25-18(27)13-14-7-9-15(10-8-14)29-21(22)23/h3-12,19,21H,13H2,1-2H3,(H,25,27). The molecule has 8 heteroatoms. The van der Waals surface area contributed by atoms with E-state index in [-0.39, 0.29) is 18.1 Å². The molecule has 29 heavy (non-hydrogen) atoms. The minimum absolute atomic E-state index is 0.0454. The number of halogens is 2. The molecule has 0 fully saturated rings. The van der Waals surface area contributed by atoms with Gasteiger partial charge >= 0.3 is 6.61 Å². The topological polar surface area (TPSA) is 65.4 Å². The maximum absolute atomic E-state index is 12.7. The summed E-state index contributed by atoms with van der Waals surface area (Å²) in [4.78, 5) is 17.1. The number of nitrogens with one attached hydrogen (secondary N) is 1. The van der Waals surface area contributed by atoms with Gasteiger partial charge in [0.15, 0.2) is 0 Å². The lowest BCUT2D eigenvalue weighted by Gasteiger charge is -2.21. The van der Waals surface area contributed by atoms with Gasteiger partial charge in [-0.1, -0.05) is 30.3 Å². The summed E-state index contributed by atoms with van der Waals surface area (Å²) in [5, 5.41) is 2.99. The third-order valence-corrected chi connectivity index (χ3v) is 4.39. The fourth-order valence-electron chi connectivity index (χ4n) is 3.03. The van der Waals surface area contributed by atoms with Gasteiger partial charge in [-0.15, -0.1) is 0 Å². The summed E-state index contributed by atoms with van der Waals surface area (Å²) < 4.78 is 36.1. The number of methoxy groups -OCH3 is 1. The maximum Gasteiger partial charge on any atom is 0.387 e. The molecule has 1 aromatic heterocycles. The molecular weight excluding hydrogens is 380 g/mol. The lowest BCUT2D eigenvalue weighted by molar-refractivity contribution is -0.121. The molecule has 3 rings (SSSR count). The van der Waals surface area contributed by atoms with Crippen molar-refractivity contribution in [3.8, 4) is 11.5 Å². The quantitative estimate of drug-likeness (QED) is 0.628. The van der Waals surface area contributed by atoms with Gasteiger partial charge in [0, 0.05) is 25.0 Å². The molecule has 1 unspecified atom stereocenters. The number of para-hydroxylation sites is 1. The van der Waals surface area contributed by atoms with Crippen LogP contribution in [0.25, 0.3) is 0 Å². The molecule has 0 aliphatic carbocycles. The van der Waals surface area contributed by atoms with Gasteiger partial charge < -0.3 is 19.4 Å². The molecule has 2 aromatic carbocycles. The van der Waals surface area contributed by atoms with Crippen LogP contribution in [-0.4, -0.2) is 29.2 Å². The Morgan fingerprint density at radius 1 is 1.17 bits per heavy atom. The summed E-state index contributed by atoms with van der Waals surface area (Å²) >= 11 is 0. The van der Waals surface area contributed by atoms with Gasteiger partial charge in [0.1, 0.15) is 23.4 Å². The Morgan fingerprint density at radius 2 is 1.90 bits per heavy atom. The number of carbonyl (C=O) groups excluding carboxylic acids is 1. The van der Waals surface area contributed by atoms with Crippen LogP contribution < -0.4 is 14.8 Å². The Labute approximate surface area is 167 Å². The Balaban J connectivity index is 1.79. The van der Waals surface area contributed by atoms with E-state index in [0.717, 1.165) is 5.56 Å². The summed E-state index contributed by atoms with van der Waals surface area (Å²) in [6.45, 7) is -2.89. The van der Waals surface area contributed by atoms with Crippen molar-refractivity contribution in [2.45, 2.75) is 19.1 Å². The van der Waals surface area contributed by atoms with Crippen LogP contribution in [0.2, 0.25) is 0 Å². The molecule has 0 aliphatic heterocycles. The van der Waals surface area contributed by atoms with Crippen molar-refractivity contribution in [2.75, 3.05) is 7.11 Å². The minimum atomic E-state index is -2.89. The lowest BCUT2D eigenvalue weighted by atomic mass is 10.0. The fraction of sp³-hybridized carbons (Fsp3) is 0.238. The normalized spacial score (nSPS) is 11.9. The molecular formula is C21H21F2N3O3. The van der Waals surface area contributed by atoms with E-state index in [1.54, 1.807) is 31.6 Å². The highest BCUT2D eigenvalue weighted by Crippen LogP contribution is 2.29. The van der Waals surface area contributed by atoms with E-state index in [2.05, 4.69) is 15.0 Å². The molecule has 3 aromatic rings. The molecule has 1 N–H and O–H groups in total. The van der Waals surface area contributed by atoms with Gasteiger partial charge in [-0.25, -0.2) is 4.98 Å². The summed E-state index contributed by atoms with van der Waals surface area (Å²) in [5.41, 5.74) is 1.45. The summed E-state index contributed by atoms with van der Waals surface area (Å²) in [5.74, 6) is 1.09. The molecule has 6 nitrogen and oxygen atoms in total. The predicted molar refractivity (Wildman–Crippen MR) is 103 cm³/mol. The number of hydrogen-bond acceptors (Lipinski definition) is 4. The summed E-state index contributed by atoms with van der Waals surface area (Å²) in [6.07, 6.45) is 3.53. The molecule has 152 valence electrons. The Kier molecular flexibility index (Phi) is 6.43. The number of aromatic nitrogens is 2. The molecule has 0 saturated carbocycles. The van der Waals surface area contributed by atoms with E-state index in [1.165, 1.54) is 12.1 Å². The van der Waals surface area contributed by atoms with Gasteiger partial charge in [0.2, 0.25) is 5.91 Å². The molecule has 0 bridgehead atoms. The second-order valence-corrected chi connectivity index (χ2v) is 6.34. The number of aryl methyl sites for hydroxylation is 1. The number of carbonyl (C=O) groups is 1. The van der Waals surface area contributed by atoms with E-state index >= 15 is 0 Å². The third kappa shape index (κ3) is 5.10. The predicted octanol–water partition coefficient (Wildman–Crippen LogP) is 3.48. The van der Waals surface area contributed by atoms with Crippen molar-refractivity contribution in [3.05, 3.63) is 77.9 Å². The van der Waals surface area contributed by atoms with Crippen LogP contribution in [-0.2, 0) is 18.3 Å². The number of amides is 1. The van der Waals surface area contributed by atoms with Crippen LogP contribution in [0.5, 0.6) is 11.5 Å². The number of rotatable bonds is 8. The zero-order valence-electron chi connectivity index (χ0n) is 16.0. The van der Waals surface area contributed by atoms with Crippen molar-refractivity contribution in [1.82, 2.24) is 14.9 Å². The monoisotopic (exact) mass is 401 g/mol. The second-order valence-electron chi connectivity index (χ2n) is 6.34. The summed E-state index contributed by atoms with van der Waals surface area (Å²) in [7, 11) is 3.41. The zero-order chi connectivity index (χ0) is 20.8. The smallest absolute Gasteiger partial charge is 0.387 e. The van der Waals surface area contributed by atoms with Gasteiger partial charge in [0.25, 0.3) is 0 Å². The SMILES string of the molecule is COc1ccccc1C(NC(=O)Cc1ccc(OC(F)F)cc1)c1nccn1C. The molecule has 1 amide bonds. The second kappa shape index (κ2) is 9.18. The number of alkyl halides is 2. The van der Waals surface area contributed by atoms with E-state index in [4.69, 9.17) is 4.74 Å². The van der Waals surface area contributed by atoms with E-state index in [1.807, 2.05) is 35.9 Å². The first-order valence-corrected chi connectivity index (χ1v) is 8.91. The average Bonchev–Trinajstić information content (AvgIpc) is 3.13. The minimum Gasteiger partial charge on any atom is -0.496 e. The van der Waals surface area contributed by atoms with E-state index in [0.29, 0.717) is 17.1 Å². The molecule has 1 heterocycles. The molecule has 0 radical (unpaired) electrons. The van der Waals surface area contributed by atoms with Gasteiger partial charge in [-0.05, 0) is 23.8 Å². The van der Waals surface area contributed by atoms with E-state index in [9.17, 15) is 13.6 Å². The van der Waals surface area contributed by atoms with E-state index < -0.39 is 12.7 Å². The number of hydrogen-bond donors (Lipinski definition) is 1. The first-order chi connectivity index (χ1) is 14.0.